The maximum atomic E-state index is 12.8. The van der Waals surface area contributed by atoms with Crippen LogP contribution in [-0.2, 0) is 32.1 Å². The van der Waals surface area contributed by atoms with Gasteiger partial charge in [0.15, 0.2) is 5.76 Å². The standard InChI is InChI=1S/C27H27N3O5/c1-16-7-9-19(11-17(16)2)13-24(31)28-15-20-5-4-6-21(12-20)35-23-14-25(32)30(27(23)34)22-10-8-18(3)29-26(22)33/h4-7,9,11-12,14,22H,3,8,10,13,15H2,1-2H3,(H,28,31)(H,29,33). The van der Waals surface area contributed by atoms with Crippen LogP contribution < -0.4 is 15.4 Å². The molecule has 2 aromatic carbocycles. The van der Waals surface area contributed by atoms with Gasteiger partial charge in [-0.25, -0.2) is 0 Å². The normalized spacial score (nSPS) is 17.8. The molecular weight excluding hydrogens is 446 g/mol. The van der Waals surface area contributed by atoms with Crippen LogP contribution in [0.2, 0.25) is 0 Å². The highest BCUT2D eigenvalue weighted by molar-refractivity contribution is 6.17. The third-order valence-corrected chi connectivity index (χ3v) is 6.11. The minimum atomic E-state index is -0.892. The van der Waals surface area contributed by atoms with Crippen molar-refractivity contribution in [2.45, 2.75) is 45.7 Å². The van der Waals surface area contributed by atoms with Gasteiger partial charge in [0.2, 0.25) is 11.8 Å². The molecule has 0 bridgehead atoms. The van der Waals surface area contributed by atoms with E-state index in [1.807, 2.05) is 38.1 Å². The number of hydrogen-bond donors (Lipinski definition) is 2. The molecule has 2 aliphatic heterocycles. The summed E-state index contributed by atoms with van der Waals surface area (Å²) >= 11 is 0. The van der Waals surface area contributed by atoms with Crippen molar-refractivity contribution in [3.63, 3.8) is 0 Å². The second kappa shape index (κ2) is 9.97. The smallest absolute Gasteiger partial charge is 0.297 e. The van der Waals surface area contributed by atoms with E-state index in [2.05, 4.69) is 17.2 Å². The molecule has 0 radical (unpaired) electrons. The molecule has 4 amide bonds. The van der Waals surface area contributed by atoms with Gasteiger partial charge in [0.1, 0.15) is 11.8 Å². The van der Waals surface area contributed by atoms with E-state index in [0.29, 0.717) is 24.3 Å². The topological polar surface area (TPSA) is 105 Å². The van der Waals surface area contributed by atoms with Gasteiger partial charge in [-0.05, 0) is 61.1 Å². The van der Waals surface area contributed by atoms with Crippen molar-refractivity contribution in [1.82, 2.24) is 15.5 Å². The minimum absolute atomic E-state index is 0.108. The molecular formula is C27H27N3O5. The SMILES string of the molecule is C=C1CCC(N2C(=O)C=C(Oc3cccc(CNC(=O)Cc4ccc(C)c(C)c4)c3)C2=O)C(=O)N1. The van der Waals surface area contributed by atoms with E-state index < -0.39 is 23.8 Å². The molecule has 4 rings (SSSR count). The van der Waals surface area contributed by atoms with Crippen LogP contribution in [0, 0.1) is 13.8 Å². The van der Waals surface area contributed by atoms with E-state index in [1.54, 1.807) is 18.2 Å². The molecule has 1 saturated heterocycles. The number of allylic oxidation sites excluding steroid dienone is 1. The number of aryl methyl sites for hydroxylation is 2. The van der Waals surface area contributed by atoms with Gasteiger partial charge in [0.25, 0.3) is 11.8 Å². The summed E-state index contributed by atoms with van der Waals surface area (Å²) in [4.78, 5) is 50.8. The molecule has 0 spiro atoms. The Hall–Kier alpha value is -4.20. The Kier molecular flexibility index (Phi) is 6.82. The van der Waals surface area contributed by atoms with E-state index in [4.69, 9.17) is 4.74 Å². The van der Waals surface area contributed by atoms with Crippen molar-refractivity contribution in [2.75, 3.05) is 0 Å². The predicted octanol–water partition coefficient (Wildman–Crippen LogP) is 2.59. The lowest BCUT2D eigenvalue weighted by Crippen LogP contribution is -2.52. The first-order valence-electron chi connectivity index (χ1n) is 11.4. The Bertz CT molecular complexity index is 1260. The molecule has 8 heteroatoms. The zero-order valence-corrected chi connectivity index (χ0v) is 19.7. The molecule has 1 fully saturated rings. The van der Waals surface area contributed by atoms with Crippen molar-refractivity contribution in [2.24, 2.45) is 0 Å². The van der Waals surface area contributed by atoms with Crippen LogP contribution in [0.15, 0.2) is 66.6 Å². The van der Waals surface area contributed by atoms with Crippen LogP contribution in [0.1, 0.15) is 35.1 Å². The molecule has 2 aromatic rings. The second-order valence-electron chi connectivity index (χ2n) is 8.79. The fourth-order valence-electron chi connectivity index (χ4n) is 4.05. The molecule has 2 aliphatic rings. The number of amides is 4. The van der Waals surface area contributed by atoms with E-state index in [0.717, 1.165) is 27.7 Å². The molecule has 2 heterocycles. The maximum absolute atomic E-state index is 12.8. The third-order valence-electron chi connectivity index (χ3n) is 6.11. The molecule has 2 N–H and O–H groups in total. The lowest BCUT2D eigenvalue weighted by molar-refractivity contribution is -0.147. The van der Waals surface area contributed by atoms with Gasteiger partial charge in [-0.3, -0.25) is 24.1 Å². The molecule has 8 nitrogen and oxygen atoms in total. The van der Waals surface area contributed by atoms with Crippen molar-refractivity contribution >= 4 is 23.6 Å². The van der Waals surface area contributed by atoms with E-state index >= 15 is 0 Å². The van der Waals surface area contributed by atoms with Crippen LogP contribution in [0.4, 0.5) is 0 Å². The van der Waals surface area contributed by atoms with Crippen molar-refractivity contribution < 1.29 is 23.9 Å². The zero-order valence-electron chi connectivity index (χ0n) is 19.7. The average molecular weight is 474 g/mol. The third kappa shape index (κ3) is 5.48. The molecule has 0 aromatic heterocycles. The van der Waals surface area contributed by atoms with Gasteiger partial charge < -0.3 is 15.4 Å². The molecule has 180 valence electrons. The van der Waals surface area contributed by atoms with Gasteiger partial charge in [0, 0.05) is 12.2 Å². The fraction of sp³-hybridized carbons (Fsp3) is 0.259. The van der Waals surface area contributed by atoms with Crippen LogP contribution in [0.25, 0.3) is 0 Å². The largest absolute Gasteiger partial charge is 0.451 e. The summed E-state index contributed by atoms with van der Waals surface area (Å²) in [5.74, 6) is -1.59. The molecule has 1 unspecified atom stereocenters. The molecule has 0 saturated carbocycles. The first kappa shape index (κ1) is 23.9. The van der Waals surface area contributed by atoms with Gasteiger partial charge in [0.05, 0.1) is 12.5 Å². The summed E-state index contributed by atoms with van der Waals surface area (Å²) in [5, 5.41) is 5.47. The zero-order chi connectivity index (χ0) is 25.1. The number of imide groups is 1. The average Bonchev–Trinajstić information content (AvgIpc) is 3.08. The Morgan fingerprint density at radius 3 is 2.66 bits per heavy atom. The maximum Gasteiger partial charge on any atom is 0.297 e. The highest BCUT2D eigenvalue weighted by atomic mass is 16.5. The predicted molar refractivity (Wildman–Crippen MR) is 129 cm³/mol. The van der Waals surface area contributed by atoms with E-state index in [9.17, 15) is 19.2 Å². The highest BCUT2D eigenvalue weighted by Gasteiger charge is 2.42. The van der Waals surface area contributed by atoms with Gasteiger partial charge >= 0.3 is 0 Å². The van der Waals surface area contributed by atoms with Crippen LogP contribution >= 0.6 is 0 Å². The second-order valence-corrected chi connectivity index (χ2v) is 8.79. The van der Waals surface area contributed by atoms with Crippen LogP contribution in [0.3, 0.4) is 0 Å². The van der Waals surface area contributed by atoms with Crippen LogP contribution in [0.5, 0.6) is 5.75 Å². The number of nitrogens with one attached hydrogen (secondary N) is 2. The van der Waals surface area contributed by atoms with Crippen molar-refractivity contribution in [3.05, 3.63) is 88.8 Å². The number of hydrogen-bond acceptors (Lipinski definition) is 5. The summed E-state index contributed by atoms with van der Waals surface area (Å²) in [5.41, 5.74) is 4.60. The summed E-state index contributed by atoms with van der Waals surface area (Å²) in [7, 11) is 0. The molecule has 35 heavy (non-hydrogen) atoms. The lowest BCUT2D eigenvalue weighted by Gasteiger charge is -2.29. The number of carbonyl (C=O) groups excluding carboxylic acids is 4. The first-order chi connectivity index (χ1) is 16.7. The number of carbonyl (C=O) groups is 4. The van der Waals surface area contributed by atoms with Crippen molar-refractivity contribution in [3.8, 4) is 5.75 Å². The number of benzene rings is 2. The van der Waals surface area contributed by atoms with E-state index in [-0.39, 0.29) is 24.6 Å². The van der Waals surface area contributed by atoms with E-state index in [1.165, 1.54) is 5.56 Å². The minimum Gasteiger partial charge on any atom is -0.451 e. The lowest BCUT2D eigenvalue weighted by atomic mass is 10.0. The highest BCUT2D eigenvalue weighted by Crippen LogP contribution is 2.25. The van der Waals surface area contributed by atoms with Crippen LogP contribution in [-0.4, -0.2) is 34.6 Å². The van der Waals surface area contributed by atoms with Gasteiger partial charge in [-0.15, -0.1) is 0 Å². The Balaban J connectivity index is 1.35. The summed E-state index contributed by atoms with van der Waals surface area (Å²) in [6.45, 7) is 8.04. The monoisotopic (exact) mass is 473 g/mol. The molecule has 1 atom stereocenters. The number of ether oxygens (including phenoxy) is 1. The summed E-state index contributed by atoms with van der Waals surface area (Å²) < 4.78 is 5.69. The first-order valence-corrected chi connectivity index (χ1v) is 11.4. The number of piperidine rings is 1. The molecule has 0 aliphatic carbocycles. The summed E-state index contributed by atoms with van der Waals surface area (Å²) in [6, 6.07) is 12.0. The van der Waals surface area contributed by atoms with Crippen molar-refractivity contribution in [1.29, 1.82) is 0 Å². The van der Waals surface area contributed by atoms with Gasteiger partial charge in [-0.2, -0.15) is 0 Å². The Morgan fingerprint density at radius 2 is 1.91 bits per heavy atom. The Morgan fingerprint density at radius 1 is 1.11 bits per heavy atom. The quantitative estimate of drug-likeness (QED) is 0.602. The number of nitrogens with zero attached hydrogens (tertiary/aromatic N) is 1. The fourth-order valence-corrected chi connectivity index (χ4v) is 4.05. The van der Waals surface area contributed by atoms with Gasteiger partial charge in [-0.1, -0.05) is 36.9 Å². The number of rotatable bonds is 7. The Labute approximate surface area is 203 Å². The summed E-state index contributed by atoms with van der Waals surface area (Å²) in [6.07, 6.45) is 2.18.